The number of rotatable bonds is 5. The van der Waals surface area contributed by atoms with Crippen molar-refractivity contribution in [2.24, 2.45) is 0 Å². The maximum absolute atomic E-state index is 5.49. The van der Waals surface area contributed by atoms with Crippen molar-refractivity contribution in [3.05, 3.63) is 60.4 Å². The van der Waals surface area contributed by atoms with Crippen molar-refractivity contribution in [3.8, 4) is 16.2 Å². The van der Waals surface area contributed by atoms with Gasteiger partial charge in [0.15, 0.2) is 6.73 Å². The van der Waals surface area contributed by atoms with Crippen LogP contribution >= 0.6 is 11.3 Å². The highest BCUT2D eigenvalue weighted by atomic mass is 32.1. The summed E-state index contributed by atoms with van der Waals surface area (Å²) in [6.45, 7) is 1.22. The average molecular weight is 404 g/mol. The van der Waals surface area contributed by atoms with Gasteiger partial charge < -0.3 is 20.3 Å². The maximum atomic E-state index is 5.49. The third kappa shape index (κ3) is 3.45. The monoisotopic (exact) mass is 403 g/mol. The van der Waals surface area contributed by atoms with E-state index in [0.29, 0.717) is 13.3 Å². The highest BCUT2D eigenvalue weighted by Gasteiger charge is 2.13. The van der Waals surface area contributed by atoms with E-state index in [4.69, 9.17) is 4.74 Å². The van der Waals surface area contributed by atoms with E-state index in [1.165, 1.54) is 21.7 Å². The molecule has 7 heteroatoms. The molecule has 4 aromatic rings. The third-order valence-corrected chi connectivity index (χ3v) is 6.15. The van der Waals surface area contributed by atoms with E-state index >= 15 is 0 Å². The number of anilines is 3. The fourth-order valence-electron chi connectivity index (χ4n) is 3.37. The van der Waals surface area contributed by atoms with Crippen molar-refractivity contribution in [2.75, 3.05) is 36.4 Å². The molecule has 5 rings (SSSR count). The second-order valence-corrected chi connectivity index (χ2v) is 8.19. The molecule has 0 aliphatic carbocycles. The topological polar surface area (TPSA) is 62.3 Å². The molecule has 146 valence electrons. The SMILES string of the molecule is CN(C)c1ccc(-c2cc3ncnc(NCc4ccc5c(c4)NCO5)c3s2)cc1. The van der Waals surface area contributed by atoms with Crippen LogP contribution in [0.1, 0.15) is 5.56 Å². The average Bonchev–Trinajstić information content (AvgIpc) is 3.39. The number of ether oxygens (including phenoxy) is 1. The predicted molar refractivity (Wildman–Crippen MR) is 120 cm³/mol. The summed E-state index contributed by atoms with van der Waals surface area (Å²) in [6, 6.07) is 16.9. The molecule has 0 bridgehead atoms. The Morgan fingerprint density at radius 1 is 1.10 bits per heavy atom. The molecule has 0 radical (unpaired) electrons. The molecule has 29 heavy (non-hydrogen) atoms. The largest absolute Gasteiger partial charge is 0.471 e. The Balaban J connectivity index is 1.40. The molecule has 0 saturated carbocycles. The molecule has 0 atom stereocenters. The number of hydrogen-bond donors (Lipinski definition) is 2. The summed E-state index contributed by atoms with van der Waals surface area (Å²) >= 11 is 1.71. The number of nitrogens with zero attached hydrogens (tertiary/aromatic N) is 3. The van der Waals surface area contributed by atoms with Gasteiger partial charge in [-0.15, -0.1) is 11.3 Å². The molecular formula is C22H21N5OS. The number of aromatic nitrogens is 2. The zero-order valence-electron chi connectivity index (χ0n) is 16.3. The van der Waals surface area contributed by atoms with Crippen molar-refractivity contribution >= 4 is 38.7 Å². The highest BCUT2D eigenvalue weighted by Crippen LogP contribution is 2.36. The van der Waals surface area contributed by atoms with Crippen molar-refractivity contribution in [2.45, 2.75) is 6.54 Å². The lowest BCUT2D eigenvalue weighted by Gasteiger charge is -2.12. The summed E-state index contributed by atoms with van der Waals surface area (Å²) in [6.07, 6.45) is 1.62. The number of fused-ring (bicyclic) bond motifs is 2. The van der Waals surface area contributed by atoms with Gasteiger partial charge in [0, 0.05) is 31.2 Å². The first-order chi connectivity index (χ1) is 14.2. The van der Waals surface area contributed by atoms with Gasteiger partial charge in [0.05, 0.1) is 15.9 Å². The Morgan fingerprint density at radius 3 is 2.79 bits per heavy atom. The van der Waals surface area contributed by atoms with E-state index < -0.39 is 0 Å². The molecule has 2 N–H and O–H groups in total. The molecule has 0 saturated heterocycles. The fourth-order valence-corrected chi connectivity index (χ4v) is 4.46. The second kappa shape index (κ2) is 7.25. The summed E-state index contributed by atoms with van der Waals surface area (Å²) in [4.78, 5) is 12.2. The van der Waals surface area contributed by atoms with Crippen LogP contribution in [0, 0.1) is 0 Å². The summed E-state index contributed by atoms with van der Waals surface area (Å²) in [7, 11) is 4.10. The van der Waals surface area contributed by atoms with Gasteiger partial charge in [-0.3, -0.25) is 0 Å². The Labute approximate surface area is 173 Å². The van der Waals surface area contributed by atoms with Crippen molar-refractivity contribution in [1.82, 2.24) is 9.97 Å². The van der Waals surface area contributed by atoms with Crippen LogP contribution in [0.3, 0.4) is 0 Å². The highest BCUT2D eigenvalue weighted by molar-refractivity contribution is 7.22. The third-order valence-electron chi connectivity index (χ3n) is 4.97. The van der Waals surface area contributed by atoms with Crippen LogP contribution in [-0.2, 0) is 6.54 Å². The van der Waals surface area contributed by atoms with Crippen LogP contribution in [0.2, 0.25) is 0 Å². The molecule has 2 aromatic heterocycles. The number of hydrogen-bond acceptors (Lipinski definition) is 7. The van der Waals surface area contributed by atoms with Gasteiger partial charge in [-0.25, -0.2) is 9.97 Å². The number of nitrogens with one attached hydrogen (secondary N) is 2. The van der Waals surface area contributed by atoms with Gasteiger partial charge in [-0.05, 0) is 41.5 Å². The van der Waals surface area contributed by atoms with Gasteiger partial charge in [-0.1, -0.05) is 18.2 Å². The lowest BCUT2D eigenvalue weighted by Crippen LogP contribution is -2.07. The Morgan fingerprint density at radius 2 is 1.97 bits per heavy atom. The van der Waals surface area contributed by atoms with Crippen LogP contribution in [0.5, 0.6) is 5.75 Å². The van der Waals surface area contributed by atoms with E-state index in [2.05, 4.69) is 68.0 Å². The number of benzene rings is 2. The first-order valence-electron chi connectivity index (χ1n) is 9.43. The number of thiophene rings is 1. The molecule has 0 fully saturated rings. The van der Waals surface area contributed by atoms with Crippen molar-refractivity contribution < 1.29 is 4.74 Å². The predicted octanol–water partition coefficient (Wildman–Crippen LogP) is 4.80. The molecule has 1 aliphatic rings. The molecule has 6 nitrogen and oxygen atoms in total. The van der Waals surface area contributed by atoms with Crippen LogP contribution in [0.25, 0.3) is 20.7 Å². The lowest BCUT2D eigenvalue weighted by molar-refractivity contribution is 0.372. The zero-order chi connectivity index (χ0) is 19.8. The summed E-state index contributed by atoms with van der Waals surface area (Å²) in [5.41, 5.74) is 5.55. The van der Waals surface area contributed by atoms with E-state index in [0.717, 1.165) is 27.5 Å². The maximum Gasteiger partial charge on any atom is 0.159 e. The fraction of sp³-hybridized carbons (Fsp3) is 0.182. The van der Waals surface area contributed by atoms with Gasteiger partial charge in [0.25, 0.3) is 0 Å². The minimum atomic E-state index is 0.534. The second-order valence-electron chi connectivity index (χ2n) is 7.14. The van der Waals surface area contributed by atoms with Gasteiger partial charge in [0.2, 0.25) is 0 Å². The Bertz CT molecular complexity index is 1170. The molecule has 0 amide bonds. The minimum absolute atomic E-state index is 0.534. The lowest BCUT2D eigenvalue weighted by atomic mass is 10.1. The summed E-state index contributed by atoms with van der Waals surface area (Å²) in [5.74, 6) is 1.77. The van der Waals surface area contributed by atoms with Gasteiger partial charge in [-0.2, -0.15) is 0 Å². The molecule has 0 unspecified atom stereocenters. The molecule has 2 aromatic carbocycles. The summed E-state index contributed by atoms with van der Waals surface area (Å²) < 4.78 is 6.56. The van der Waals surface area contributed by atoms with Crippen LogP contribution in [-0.4, -0.2) is 30.8 Å². The van der Waals surface area contributed by atoms with E-state index in [-0.39, 0.29) is 0 Å². The van der Waals surface area contributed by atoms with E-state index in [1.807, 2.05) is 20.2 Å². The quantitative estimate of drug-likeness (QED) is 0.499. The molecular weight excluding hydrogens is 382 g/mol. The minimum Gasteiger partial charge on any atom is -0.471 e. The standard InChI is InChI=1S/C22H21N5OS/c1-27(2)16-6-4-15(5-7-16)20-10-18-21(29-20)22(25-12-24-18)23-11-14-3-8-19-17(9-14)26-13-28-19/h3-10,12,26H,11,13H2,1-2H3,(H,23,24,25). The smallest absolute Gasteiger partial charge is 0.159 e. The molecule has 0 spiro atoms. The Hall–Kier alpha value is -3.32. The normalized spacial score (nSPS) is 12.3. The van der Waals surface area contributed by atoms with Crippen molar-refractivity contribution in [3.63, 3.8) is 0 Å². The van der Waals surface area contributed by atoms with E-state index in [1.54, 1.807) is 17.7 Å². The van der Waals surface area contributed by atoms with E-state index in [9.17, 15) is 0 Å². The van der Waals surface area contributed by atoms with Crippen molar-refractivity contribution in [1.29, 1.82) is 0 Å². The van der Waals surface area contributed by atoms with Gasteiger partial charge in [0.1, 0.15) is 17.9 Å². The first-order valence-corrected chi connectivity index (χ1v) is 10.2. The Kier molecular flexibility index (Phi) is 4.44. The first kappa shape index (κ1) is 17.8. The molecule has 1 aliphatic heterocycles. The van der Waals surface area contributed by atoms with Crippen LogP contribution in [0.15, 0.2) is 54.9 Å². The van der Waals surface area contributed by atoms with Crippen LogP contribution in [0.4, 0.5) is 17.2 Å². The molecule has 3 heterocycles. The van der Waals surface area contributed by atoms with Gasteiger partial charge >= 0.3 is 0 Å². The van der Waals surface area contributed by atoms with Crippen LogP contribution < -0.4 is 20.3 Å². The zero-order valence-corrected chi connectivity index (χ0v) is 17.1. The summed E-state index contributed by atoms with van der Waals surface area (Å²) in [5, 5.41) is 6.69.